The van der Waals surface area contributed by atoms with Crippen LogP contribution < -0.4 is 5.32 Å². The van der Waals surface area contributed by atoms with Crippen LogP contribution in [-0.2, 0) is 5.41 Å². The van der Waals surface area contributed by atoms with Gasteiger partial charge in [-0.25, -0.2) is 4.39 Å². The van der Waals surface area contributed by atoms with Gasteiger partial charge in [0.1, 0.15) is 5.82 Å². The van der Waals surface area contributed by atoms with Gasteiger partial charge in [0.25, 0.3) is 0 Å². The first-order valence-electron chi connectivity index (χ1n) is 7.67. The molecule has 2 heteroatoms. The number of halogens is 1. The lowest BCUT2D eigenvalue weighted by Gasteiger charge is -2.49. The van der Waals surface area contributed by atoms with Crippen LogP contribution in [0.3, 0.4) is 0 Å². The zero-order valence-corrected chi connectivity index (χ0v) is 12.2. The van der Waals surface area contributed by atoms with Gasteiger partial charge in [-0.05, 0) is 49.4 Å². The second-order valence-electron chi connectivity index (χ2n) is 6.03. The van der Waals surface area contributed by atoms with Crippen molar-refractivity contribution in [1.82, 2.24) is 5.32 Å². The Balaban J connectivity index is 2.07. The van der Waals surface area contributed by atoms with Crippen molar-refractivity contribution in [2.24, 2.45) is 5.92 Å². The van der Waals surface area contributed by atoms with Gasteiger partial charge in [-0.2, -0.15) is 0 Å². The third kappa shape index (κ3) is 3.36. The van der Waals surface area contributed by atoms with Gasteiger partial charge in [0, 0.05) is 12.0 Å². The summed E-state index contributed by atoms with van der Waals surface area (Å²) in [5.41, 5.74) is 1.36. The Hall–Kier alpha value is -0.890. The zero-order chi connectivity index (χ0) is 13.7. The first-order valence-corrected chi connectivity index (χ1v) is 7.67. The summed E-state index contributed by atoms with van der Waals surface area (Å²) < 4.78 is 13.5. The van der Waals surface area contributed by atoms with Crippen LogP contribution in [0.2, 0.25) is 0 Å². The van der Waals surface area contributed by atoms with Gasteiger partial charge in [0.05, 0.1) is 0 Å². The molecule has 1 nitrogen and oxygen atoms in total. The number of hydrogen-bond donors (Lipinski definition) is 1. The molecule has 0 aromatic heterocycles. The summed E-state index contributed by atoms with van der Waals surface area (Å²) >= 11 is 0. The van der Waals surface area contributed by atoms with Crippen LogP contribution in [0.5, 0.6) is 0 Å². The Labute approximate surface area is 116 Å². The Bertz CT molecular complexity index is 390. The van der Waals surface area contributed by atoms with Crippen molar-refractivity contribution in [3.05, 3.63) is 35.6 Å². The molecule has 0 unspecified atom stereocenters. The van der Waals surface area contributed by atoms with Gasteiger partial charge in [-0.3, -0.25) is 0 Å². The van der Waals surface area contributed by atoms with Crippen molar-refractivity contribution in [3.63, 3.8) is 0 Å². The highest BCUT2D eigenvalue weighted by atomic mass is 19.1. The summed E-state index contributed by atoms with van der Waals surface area (Å²) in [5.74, 6) is 0.725. The van der Waals surface area contributed by atoms with Crippen LogP contribution in [0.1, 0.15) is 51.5 Å². The summed E-state index contributed by atoms with van der Waals surface area (Å²) in [6.45, 7) is 6.47. The van der Waals surface area contributed by atoms with Crippen LogP contribution in [0.15, 0.2) is 24.3 Å². The Morgan fingerprint density at radius 3 is 2.68 bits per heavy atom. The maximum absolute atomic E-state index is 13.5. The fourth-order valence-electron chi connectivity index (χ4n) is 3.46. The fraction of sp³-hybridized carbons (Fsp3) is 0.647. The van der Waals surface area contributed by atoms with E-state index < -0.39 is 0 Å². The molecule has 106 valence electrons. The van der Waals surface area contributed by atoms with Crippen molar-refractivity contribution in [2.45, 2.75) is 51.4 Å². The number of nitrogens with one attached hydrogen (secondary N) is 1. The van der Waals surface area contributed by atoms with E-state index in [1.54, 1.807) is 12.1 Å². The van der Waals surface area contributed by atoms with E-state index in [0.29, 0.717) is 0 Å². The molecule has 0 saturated heterocycles. The molecule has 0 radical (unpaired) electrons. The molecule has 1 N–H and O–H groups in total. The predicted molar refractivity (Wildman–Crippen MR) is 78.9 cm³/mol. The van der Waals surface area contributed by atoms with Crippen LogP contribution in [0.25, 0.3) is 0 Å². The van der Waals surface area contributed by atoms with Gasteiger partial charge in [0.15, 0.2) is 0 Å². The molecule has 0 atom stereocenters. The van der Waals surface area contributed by atoms with E-state index in [1.807, 2.05) is 6.07 Å². The van der Waals surface area contributed by atoms with Gasteiger partial charge in [0.2, 0.25) is 0 Å². The van der Waals surface area contributed by atoms with Crippen LogP contribution >= 0.6 is 0 Å². The summed E-state index contributed by atoms with van der Waals surface area (Å²) in [4.78, 5) is 0. The lowest BCUT2D eigenvalue weighted by molar-refractivity contribution is 0.128. The molecule has 0 spiro atoms. The van der Waals surface area contributed by atoms with Crippen molar-refractivity contribution in [3.8, 4) is 0 Å². The smallest absolute Gasteiger partial charge is 0.123 e. The van der Waals surface area contributed by atoms with E-state index >= 15 is 0 Å². The average molecular weight is 263 g/mol. The molecule has 1 fully saturated rings. The molecule has 2 rings (SSSR count). The quantitative estimate of drug-likeness (QED) is 0.724. The summed E-state index contributed by atoms with van der Waals surface area (Å²) in [6, 6.07) is 7.22. The molecule has 1 saturated carbocycles. The average Bonchev–Trinajstić information content (AvgIpc) is 2.35. The largest absolute Gasteiger partial charge is 0.316 e. The molecule has 19 heavy (non-hydrogen) atoms. The molecule has 1 aromatic rings. The highest BCUT2D eigenvalue weighted by Gasteiger charge is 2.44. The maximum atomic E-state index is 13.5. The second kappa shape index (κ2) is 6.51. The third-order valence-corrected chi connectivity index (χ3v) is 4.38. The molecule has 1 aliphatic rings. The van der Waals surface area contributed by atoms with E-state index in [0.717, 1.165) is 25.4 Å². The maximum Gasteiger partial charge on any atom is 0.123 e. The van der Waals surface area contributed by atoms with E-state index in [1.165, 1.54) is 31.2 Å². The molecule has 0 aliphatic heterocycles. The Kier molecular flexibility index (Phi) is 4.98. The molecular formula is C17H26FN. The van der Waals surface area contributed by atoms with E-state index in [4.69, 9.17) is 0 Å². The first kappa shape index (κ1) is 14.5. The van der Waals surface area contributed by atoms with E-state index in [9.17, 15) is 4.39 Å². The standard InChI is InChI=1S/C17H26FN/c1-3-6-14-11-17(12-14,13-19-9-4-2)15-7-5-8-16(18)10-15/h5,7-8,10,14,19H,3-4,6,9,11-13H2,1-2H3. The van der Waals surface area contributed by atoms with Crippen molar-refractivity contribution in [2.75, 3.05) is 13.1 Å². The van der Waals surface area contributed by atoms with Crippen molar-refractivity contribution >= 4 is 0 Å². The van der Waals surface area contributed by atoms with Crippen molar-refractivity contribution in [1.29, 1.82) is 0 Å². The number of benzene rings is 1. The zero-order valence-electron chi connectivity index (χ0n) is 12.2. The first-order chi connectivity index (χ1) is 9.20. The van der Waals surface area contributed by atoms with Gasteiger partial charge >= 0.3 is 0 Å². The molecule has 0 heterocycles. The highest BCUT2D eigenvalue weighted by Crippen LogP contribution is 2.49. The van der Waals surface area contributed by atoms with Crippen LogP contribution in [0, 0.1) is 11.7 Å². The van der Waals surface area contributed by atoms with E-state index in [2.05, 4.69) is 25.2 Å². The minimum absolute atomic E-state index is 0.105. The molecule has 1 aliphatic carbocycles. The van der Waals surface area contributed by atoms with Gasteiger partial charge < -0.3 is 5.32 Å². The van der Waals surface area contributed by atoms with Crippen molar-refractivity contribution < 1.29 is 4.39 Å². The number of hydrogen-bond acceptors (Lipinski definition) is 1. The molecular weight excluding hydrogens is 237 g/mol. The van der Waals surface area contributed by atoms with E-state index in [-0.39, 0.29) is 11.2 Å². The minimum atomic E-state index is -0.105. The minimum Gasteiger partial charge on any atom is -0.316 e. The van der Waals surface area contributed by atoms with Gasteiger partial charge in [-0.1, -0.05) is 38.8 Å². The molecule has 0 bridgehead atoms. The summed E-state index contributed by atoms with van der Waals surface area (Å²) in [6.07, 6.45) is 6.14. The Morgan fingerprint density at radius 2 is 2.05 bits per heavy atom. The monoisotopic (exact) mass is 263 g/mol. The van der Waals surface area contributed by atoms with Crippen LogP contribution in [0.4, 0.5) is 4.39 Å². The third-order valence-electron chi connectivity index (χ3n) is 4.38. The molecule has 1 aromatic carbocycles. The fourth-order valence-corrected chi connectivity index (χ4v) is 3.46. The van der Waals surface area contributed by atoms with Gasteiger partial charge in [-0.15, -0.1) is 0 Å². The summed E-state index contributed by atoms with van der Waals surface area (Å²) in [7, 11) is 0. The summed E-state index contributed by atoms with van der Waals surface area (Å²) in [5, 5.41) is 3.54. The van der Waals surface area contributed by atoms with Crippen LogP contribution in [-0.4, -0.2) is 13.1 Å². The SMILES string of the molecule is CCCNCC1(c2cccc(F)c2)CC(CCC)C1. The Morgan fingerprint density at radius 1 is 1.26 bits per heavy atom. The topological polar surface area (TPSA) is 12.0 Å². The number of rotatable bonds is 7. The second-order valence-corrected chi connectivity index (χ2v) is 6.03. The highest BCUT2D eigenvalue weighted by molar-refractivity contribution is 5.30. The lowest BCUT2D eigenvalue weighted by atomic mass is 9.57. The normalized spacial score (nSPS) is 26.2. The lowest BCUT2D eigenvalue weighted by Crippen LogP contribution is -2.48. The predicted octanol–water partition coefficient (Wildman–Crippen LogP) is 4.27. The molecule has 0 amide bonds.